The van der Waals surface area contributed by atoms with E-state index >= 15 is 0 Å². The van der Waals surface area contributed by atoms with Gasteiger partial charge in [0, 0.05) is 23.1 Å². The van der Waals surface area contributed by atoms with E-state index in [2.05, 4.69) is 46.3 Å². The predicted octanol–water partition coefficient (Wildman–Crippen LogP) is 5.58. The molecular weight excluding hydrogens is 335 g/mol. The van der Waals surface area contributed by atoms with E-state index in [0.29, 0.717) is 0 Å². The van der Waals surface area contributed by atoms with Gasteiger partial charge in [0.2, 0.25) is 0 Å². The molecule has 27 heavy (non-hydrogen) atoms. The summed E-state index contributed by atoms with van der Waals surface area (Å²) in [6.45, 7) is 3.68. The second-order valence-corrected chi connectivity index (χ2v) is 7.98. The number of halogens is 1. The number of hydrogen-bond acceptors (Lipinski definition) is 1. The molecule has 0 bridgehead atoms. The van der Waals surface area contributed by atoms with Gasteiger partial charge in [0.05, 0.1) is 0 Å². The number of nitrogens with one attached hydrogen (secondary N) is 1. The van der Waals surface area contributed by atoms with Crippen molar-refractivity contribution < 1.29 is 4.39 Å². The van der Waals surface area contributed by atoms with Gasteiger partial charge in [-0.3, -0.25) is 0 Å². The van der Waals surface area contributed by atoms with Gasteiger partial charge in [-0.15, -0.1) is 0 Å². The van der Waals surface area contributed by atoms with E-state index in [0.717, 1.165) is 23.2 Å². The predicted molar refractivity (Wildman–Crippen MR) is 111 cm³/mol. The van der Waals surface area contributed by atoms with Crippen LogP contribution in [0.1, 0.15) is 36.9 Å². The van der Waals surface area contributed by atoms with Gasteiger partial charge in [0.1, 0.15) is 5.82 Å². The first-order chi connectivity index (χ1) is 13.3. The lowest BCUT2D eigenvalue weighted by Gasteiger charge is -2.32. The highest BCUT2D eigenvalue weighted by molar-refractivity contribution is 5.80. The Bertz CT molecular complexity index is 855. The maximum absolute atomic E-state index is 13.3. The molecule has 1 aromatic heterocycles. The highest BCUT2D eigenvalue weighted by atomic mass is 19.1. The molecule has 0 saturated carbocycles. The maximum atomic E-state index is 13.3. The van der Waals surface area contributed by atoms with Crippen molar-refractivity contribution >= 4 is 10.9 Å². The van der Waals surface area contributed by atoms with Crippen molar-refractivity contribution in [3.8, 4) is 0 Å². The second-order valence-electron chi connectivity index (χ2n) is 7.98. The molecular formula is C24H29FN2. The molecule has 142 valence electrons. The molecule has 2 aromatic carbocycles. The Morgan fingerprint density at radius 3 is 2.81 bits per heavy atom. The van der Waals surface area contributed by atoms with Crippen LogP contribution >= 0.6 is 0 Å². The third kappa shape index (κ3) is 4.98. The summed E-state index contributed by atoms with van der Waals surface area (Å²) in [6.07, 6.45) is 7.33. The summed E-state index contributed by atoms with van der Waals surface area (Å²) < 4.78 is 13.3. The number of aromatic amines is 1. The van der Waals surface area contributed by atoms with Crippen molar-refractivity contribution in [1.82, 2.24) is 9.88 Å². The number of hydrogen-bond donors (Lipinski definition) is 1. The van der Waals surface area contributed by atoms with E-state index in [4.69, 9.17) is 0 Å². The second kappa shape index (κ2) is 8.71. The van der Waals surface area contributed by atoms with Crippen LogP contribution in [0.5, 0.6) is 0 Å². The van der Waals surface area contributed by atoms with Gasteiger partial charge < -0.3 is 9.88 Å². The van der Waals surface area contributed by atoms with Crippen LogP contribution in [-0.2, 0) is 12.8 Å². The molecule has 1 atom stereocenters. The van der Waals surface area contributed by atoms with E-state index in [1.165, 1.54) is 69.1 Å². The van der Waals surface area contributed by atoms with Crippen molar-refractivity contribution in [1.29, 1.82) is 0 Å². The summed E-state index contributed by atoms with van der Waals surface area (Å²) in [5.41, 5.74) is 3.72. The van der Waals surface area contributed by atoms with Gasteiger partial charge in [-0.05, 0) is 87.4 Å². The molecule has 4 rings (SSSR count). The maximum Gasteiger partial charge on any atom is 0.123 e. The Morgan fingerprint density at radius 2 is 1.93 bits per heavy atom. The third-order valence-electron chi connectivity index (χ3n) is 5.78. The van der Waals surface area contributed by atoms with E-state index < -0.39 is 0 Å². The topological polar surface area (TPSA) is 19.0 Å². The fourth-order valence-electron chi connectivity index (χ4n) is 4.42. The number of unbranched alkanes of at least 4 members (excludes halogenated alkanes) is 1. The molecule has 1 aliphatic rings. The fourth-order valence-corrected chi connectivity index (χ4v) is 4.42. The van der Waals surface area contributed by atoms with Crippen LogP contribution in [0, 0.1) is 11.7 Å². The van der Waals surface area contributed by atoms with Gasteiger partial charge in [-0.25, -0.2) is 4.39 Å². The summed E-state index contributed by atoms with van der Waals surface area (Å²) in [5.74, 6) is 0.632. The SMILES string of the molecule is Fc1ccc2[nH]c(CCCCN3CCC[C@@H](Cc4ccccc4)C3)cc2c1. The lowest BCUT2D eigenvalue weighted by atomic mass is 9.91. The van der Waals surface area contributed by atoms with E-state index in [-0.39, 0.29) is 5.82 Å². The highest BCUT2D eigenvalue weighted by Gasteiger charge is 2.19. The number of nitrogens with zero attached hydrogens (tertiary/aromatic N) is 1. The zero-order valence-corrected chi connectivity index (χ0v) is 16.0. The van der Waals surface area contributed by atoms with Crippen LogP contribution in [0.15, 0.2) is 54.6 Å². The van der Waals surface area contributed by atoms with Crippen molar-refractivity contribution in [2.24, 2.45) is 5.92 Å². The highest BCUT2D eigenvalue weighted by Crippen LogP contribution is 2.22. The molecule has 0 unspecified atom stereocenters. The molecule has 0 spiro atoms. The Hall–Kier alpha value is -2.13. The van der Waals surface area contributed by atoms with Gasteiger partial charge in [0.15, 0.2) is 0 Å². The van der Waals surface area contributed by atoms with Crippen LogP contribution in [0.25, 0.3) is 10.9 Å². The van der Waals surface area contributed by atoms with Crippen molar-refractivity contribution in [3.63, 3.8) is 0 Å². The first-order valence-electron chi connectivity index (χ1n) is 10.3. The minimum Gasteiger partial charge on any atom is -0.358 e. The molecule has 1 fully saturated rings. The van der Waals surface area contributed by atoms with Gasteiger partial charge in [-0.1, -0.05) is 30.3 Å². The smallest absolute Gasteiger partial charge is 0.123 e. The lowest BCUT2D eigenvalue weighted by Crippen LogP contribution is -2.36. The number of aromatic nitrogens is 1. The molecule has 1 aliphatic heterocycles. The largest absolute Gasteiger partial charge is 0.358 e. The average molecular weight is 365 g/mol. The van der Waals surface area contributed by atoms with Crippen LogP contribution < -0.4 is 0 Å². The van der Waals surface area contributed by atoms with E-state index in [9.17, 15) is 4.39 Å². The summed E-state index contributed by atoms with van der Waals surface area (Å²) >= 11 is 0. The standard InChI is InChI=1S/C24H29FN2/c25-22-11-12-24-21(16-22)17-23(26-24)10-4-5-13-27-14-6-9-20(18-27)15-19-7-2-1-3-8-19/h1-3,7-8,11-12,16-17,20,26H,4-6,9-10,13-15,18H2/t20-/m0/s1. The summed E-state index contributed by atoms with van der Waals surface area (Å²) in [5, 5.41) is 0.977. The first kappa shape index (κ1) is 18.2. The molecule has 3 aromatic rings. The molecule has 3 heteroatoms. The normalized spacial score (nSPS) is 18.2. The average Bonchev–Trinajstić information content (AvgIpc) is 3.08. The quantitative estimate of drug-likeness (QED) is 0.542. The number of rotatable bonds is 7. The molecule has 1 saturated heterocycles. The van der Waals surface area contributed by atoms with E-state index in [1.54, 1.807) is 6.07 Å². The summed E-state index contributed by atoms with van der Waals surface area (Å²) in [7, 11) is 0. The summed E-state index contributed by atoms with van der Waals surface area (Å²) in [4.78, 5) is 6.07. The minimum atomic E-state index is -0.164. The zero-order valence-electron chi connectivity index (χ0n) is 16.0. The molecule has 0 amide bonds. The summed E-state index contributed by atoms with van der Waals surface area (Å²) in [6, 6.07) is 17.9. The molecule has 0 radical (unpaired) electrons. The third-order valence-corrected chi connectivity index (χ3v) is 5.78. The van der Waals surface area contributed by atoms with Crippen molar-refractivity contribution in [3.05, 3.63) is 71.7 Å². The van der Waals surface area contributed by atoms with Crippen LogP contribution in [-0.4, -0.2) is 29.5 Å². The molecule has 2 nitrogen and oxygen atoms in total. The fraction of sp³-hybridized carbons (Fsp3) is 0.417. The lowest BCUT2D eigenvalue weighted by molar-refractivity contribution is 0.171. The number of likely N-dealkylation sites (tertiary alicyclic amines) is 1. The number of benzene rings is 2. The molecule has 2 heterocycles. The Kier molecular flexibility index (Phi) is 5.88. The minimum absolute atomic E-state index is 0.164. The van der Waals surface area contributed by atoms with Gasteiger partial charge in [-0.2, -0.15) is 0 Å². The molecule has 0 aliphatic carbocycles. The zero-order chi connectivity index (χ0) is 18.5. The van der Waals surface area contributed by atoms with E-state index in [1.807, 2.05) is 6.07 Å². The number of aryl methyl sites for hydroxylation is 1. The van der Waals surface area contributed by atoms with Crippen LogP contribution in [0.3, 0.4) is 0 Å². The van der Waals surface area contributed by atoms with Crippen molar-refractivity contribution in [2.75, 3.05) is 19.6 Å². The van der Waals surface area contributed by atoms with Crippen molar-refractivity contribution in [2.45, 2.75) is 38.5 Å². The van der Waals surface area contributed by atoms with Gasteiger partial charge in [0.25, 0.3) is 0 Å². The number of piperidine rings is 1. The number of H-pyrrole nitrogens is 1. The molecule has 1 N–H and O–H groups in total. The number of fused-ring (bicyclic) bond motifs is 1. The first-order valence-corrected chi connectivity index (χ1v) is 10.3. The monoisotopic (exact) mass is 364 g/mol. The Balaban J connectivity index is 1.21. The Labute approximate surface area is 161 Å². The van der Waals surface area contributed by atoms with Crippen LogP contribution in [0.2, 0.25) is 0 Å². The van der Waals surface area contributed by atoms with Gasteiger partial charge >= 0.3 is 0 Å². The Morgan fingerprint density at radius 1 is 1.04 bits per heavy atom. The van der Waals surface area contributed by atoms with Crippen LogP contribution in [0.4, 0.5) is 4.39 Å².